The van der Waals surface area contributed by atoms with Crippen molar-refractivity contribution in [2.24, 2.45) is 5.92 Å². The first-order valence-electron chi connectivity index (χ1n) is 9.29. The molecule has 4 rings (SSSR count). The smallest absolute Gasteiger partial charge is 0.254 e. The molecule has 2 heterocycles. The van der Waals surface area contributed by atoms with Gasteiger partial charge in [0, 0.05) is 18.7 Å². The summed E-state index contributed by atoms with van der Waals surface area (Å²) in [5.74, 6) is 0.789. The Morgan fingerprint density at radius 2 is 2.12 bits per heavy atom. The number of hydrogen-bond acceptors (Lipinski definition) is 4. The normalized spacial score (nSPS) is 28.4. The molecule has 3 atom stereocenters. The average Bonchev–Trinajstić information content (AvgIpc) is 3.38. The standard InChI is InChI=1S/C20H24N2O3/c21-11-15-2-1-3-16(10-15)20(23)22-9-8-19-18(22)7-6-17(25-19)13-24-12-14-4-5-14/h1-3,10,14,17-19H,4-9,12-13H2/t17?,18-,19-/m0/s1. The first kappa shape index (κ1) is 16.6. The Bertz CT molecular complexity index is 680. The molecule has 0 radical (unpaired) electrons. The largest absolute Gasteiger partial charge is 0.378 e. The van der Waals surface area contributed by atoms with Crippen molar-refractivity contribution in [3.8, 4) is 6.07 Å². The van der Waals surface area contributed by atoms with E-state index in [9.17, 15) is 4.79 Å². The van der Waals surface area contributed by atoms with Crippen molar-refractivity contribution < 1.29 is 14.3 Å². The van der Waals surface area contributed by atoms with E-state index >= 15 is 0 Å². The maximum Gasteiger partial charge on any atom is 0.254 e. The summed E-state index contributed by atoms with van der Waals surface area (Å²) in [6.07, 6.45) is 5.68. The van der Waals surface area contributed by atoms with Crippen LogP contribution in [0, 0.1) is 17.2 Å². The molecule has 1 unspecified atom stereocenters. The van der Waals surface area contributed by atoms with Gasteiger partial charge in [-0.3, -0.25) is 4.79 Å². The maximum absolute atomic E-state index is 12.8. The SMILES string of the molecule is N#Cc1cccc(C(=O)N2CC[C@@H]3OC(COCC4CC4)CC[C@@H]32)c1. The van der Waals surface area contributed by atoms with Crippen LogP contribution in [0.25, 0.3) is 0 Å². The minimum absolute atomic E-state index is 0.0108. The molecule has 0 aromatic heterocycles. The Labute approximate surface area is 148 Å². The fraction of sp³-hybridized carbons (Fsp3) is 0.600. The number of hydrogen-bond donors (Lipinski definition) is 0. The van der Waals surface area contributed by atoms with Crippen LogP contribution in [0.5, 0.6) is 0 Å². The molecule has 5 heteroatoms. The van der Waals surface area contributed by atoms with E-state index in [0.717, 1.165) is 38.3 Å². The highest BCUT2D eigenvalue weighted by Crippen LogP contribution is 2.33. The Balaban J connectivity index is 1.34. The van der Waals surface area contributed by atoms with E-state index in [0.29, 0.717) is 17.7 Å². The van der Waals surface area contributed by atoms with E-state index in [4.69, 9.17) is 14.7 Å². The van der Waals surface area contributed by atoms with Gasteiger partial charge in [-0.25, -0.2) is 0 Å². The van der Waals surface area contributed by atoms with Gasteiger partial charge >= 0.3 is 0 Å². The summed E-state index contributed by atoms with van der Waals surface area (Å²) < 4.78 is 12.0. The van der Waals surface area contributed by atoms with Gasteiger partial charge in [-0.1, -0.05) is 6.07 Å². The van der Waals surface area contributed by atoms with Gasteiger partial charge in [-0.2, -0.15) is 5.26 Å². The van der Waals surface area contributed by atoms with Crippen molar-refractivity contribution in [1.82, 2.24) is 4.90 Å². The quantitative estimate of drug-likeness (QED) is 0.827. The van der Waals surface area contributed by atoms with Crippen molar-refractivity contribution in [2.75, 3.05) is 19.8 Å². The van der Waals surface area contributed by atoms with E-state index < -0.39 is 0 Å². The van der Waals surface area contributed by atoms with E-state index in [1.54, 1.807) is 24.3 Å². The summed E-state index contributed by atoms with van der Waals surface area (Å²) in [4.78, 5) is 14.8. The van der Waals surface area contributed by atoms with Crippen molar-refractivity contribution in [2.45, 2.75) is 50.4 Å². The van der Waals surface area contributed by atoms with Gasteiger partial charge in [-0.05, 0) is 56.2 Å². The molecule has 3 fully saturated rings. The lowest BCUT2D eigenvalue weighted by Crippen LogP contribution is -2.46. The van der Waals surface area contributed by atoms with Crippen molar-refractivity contribution in [3.63, 3.8) is 0 Å². The summed E-state index contributed by atoms with van der Waals surface area (Å²) in [7, 11) is 0. The average molecular weight is 340 g/mol. The first-order valence-corrected chi connectivity index (χ1v) is 9.29. The molecule has 0 N–H and O–H groups in total. The molecule has 1 saturated carbocycles. The molecule has 1 aromatic carbocycles. The second-order valence-corrected chi connectivity index (χ2v) is 7.40. The van der Waals surface area contributed by atoms with E-state index in [1.165, 1.54) is 12.8 Å². The van der Waals surface area contributed by atoms with E-state index in [-0.39, 0.29) is 24.2 Å². The van der Waals surface area contributed by atoms with Crippen LogP contribution >= 0.6 is 0 Å². The molecule has 1 amide bonds. The van der Waals surface area contributed by atoms with Gasteiger partial charge in [0.15, 0.2) is 0 Å². The minimum Gasteiger partial charge on any atom is -0.378 e. The summed E-state index contributed by atoms with van der Waals surface area (Å²) in [6.45, 7) is 2.27. The third-order valence-corrected chi connectivity index (χ3v) is 5.49. The first-order chi connectivity index (χ1) is 12.2. The van der Waals surface area contributed by atoms with E-state index in [1.807, 2.05) is 4.90 Å². The zero-order chi connectivity index (χ0) is 17.2. The van der Waals surface area contributed by atoms with Crippen LogP contribution in [0.4, 0.5) is 0 Å². The number of carbonyl (C=O) groups excluding carboxylic acids is 1. The summed E-state index contributed by atoms with van der Waals surface area (Å²) in [5.41, 5.74) is 1.11. The molecular formula is C20H24N2O3. The molecule has 1 aliphatic carbocycles. The minimum atomic E-state index is 0.0108. The lowest BCUT2D eigenvalue weighted by Gasteiger charge is -2.36. The fourth-order valence-corrected chi connectivity index (χ4v) is 3.91. The molecular weight excluding hydrogens is 316 g/mol. The summed E-state index contributed by atoms with van der Waals surface area (Å²) in [6, 6.07) is 9.20. The molecule has 25 heavy (non-hydrogen) atoms. The predicted octanol–water partition coefficient (Wildman–Crippen LogP) is 2.75. The number of fused-ring (bicyclic) bond motifs is 1. The van der Waals surface area contributed by atoms with Crippen molar-refractivity contribution >= 4 is 5.91 Å². The monoisotopic (exact) mass is 340 g/mol. The zero-order valence-electron chi connectivity index (χ0n) is 14.4. The van der Waals surface area contributed by atoms with Gasteiger partial charge in [0.25, 0.3) is 5.91 Å². The number of benzene rings is 1. The third-order valence-electron chi connectivity index (χ3n) is 5.49. The van der Waals surface area contributed by atoms with Crippen LogP contribution in [0.15, 0.2) is 24.3 Å². The highest BCUT2D eigenvalue weighted by molar-refractivity contribution is 5.95. The molecule has 2 saturated heterocycles. The molecule has 5 nitrogen and oxygen atoms in total. The van der Waals surface area contributed by atoms with Crippen LogP contribution in [0.3, 0.4) is 0 Å². The van der Waals surface area contributed by atoms with Gasteiger partial charge in [0.2, 0.25) is 0 Å². The molecule has 1 aromatic rings. The zero-order valence-corrected chi connectivity index (χ0v) is 14.4. The number of likely N-dealkylation sites (tertiary alicyclic amines) is 1. The second-order valence-electron chi connectivity index (χ2n) is 7.40. The number of nitriles is 1. The lowest BCUT2D eigenvalue weighted by atomic mass is 9.99. The molecule has 0 bridgehead atoms. The van der Waals surface area contributed by atoms with E-state index in [2.05, 4.69) is 6.07 Å². The van der Waals surface area contributed by atoms with Crippen LogP contribution < -0.4 is 0 Å². The summed E-state index contributed by atoms with van der Waals surface area (Å²) in [5, 5.41) is 9.03. The number of rotatable bonds is 5. The topological polar surface area (TPSA) is 62.6 Å². The van der Waals surface area contributed by atoms with Gasteiger partial charge in [0.05, 0.1) is 36.5 Å². The highest BCUT2D eigenvalue weighted by Gasteiger charge is 2.42. The molecule has 0 spiro atoms. The van der Waals surface area contributed by atoms with Crippen molar-refractivity contribution in [3.05, 3.63) is 35.4 Å². The maximum atomic E-state index is 12.8. The number of amides is 1. The van der Waals surface area contributed by atoms with Crippen LogP contribution in [-0.4, -0.2) is 48.8 Å². The van der Waals surface area contributed by atoms with Gasteiger partial charge in [-0.15, -0.1) is 0 Å². The lowest BCUT2D eigenvalue weighted by molar-refractivity contribution is -0.0973. The molecule has 132 valence electrons. The number of nitrogens with zero attached hydrogens (tertiary/aromatic N) is 2. The van der Waals surface area contributed by atoms with Crippen molar-refractivity contribution in [1.29, 1.82) is 5.26 Å². The molecule has 3 aliphatic rings. The Morgan fingerprint density at radius 1 is 1.24 bits per heavy atom. The summed E-state index contributed by atoms with van der Waals surface area (Å²) >= 11 is 0. The third kappa shape index (κ3) is 3.70. The molecule has 2 aliphatic heterocycles. The fourth-order valence-electron chi connectivity index (χ4n) is 3.91. The Hall–Kier alpha value is -1.90. The predicted molar refractivity (Wildman–Crippen MR) is 92.0 cm³/mol. The van der Waals surface area contributed by atoms with Gasteiger partial charge < -0.3 is 14.4 Å². The number of ether oxygens (including phenoxy) is 2. The second kappa shape index (κ2) is 7.15. The Morgan fingerprint density at radius 3 is 2.92 bits per heavy atom. The van der Waals surface area contributed by atoms with Gasteiger partial charge in [0.1, 0.15) is 0 Å². The van der Waals surface area contributed by atoms with Crippen LogP contribution in [0.2, 0.25) is 0 Å². The highest BCUT2D eigenvalue weighted by atomic mass is 16.5. The Kier molecular flexibility index (Phi) is 4.74. The number of carbonyl (C=O) groups is 1. The van der Waals surface area contributed by atoms with Crippen LogP contribution in [0.1, 0.15) is 48.0 Å². The van der Waals surface area contributed by atoms with Crippen LogP contribution in [-0.2, 0) is 9.47 Å².